The second-order valence-corrected chi connectivity index (χ2v) is 3.84. The third-order valence-electron chi connectivity index (χ3n) is 2.88. The van der Waals surface area contributed by atoms with Crippen LogP contribution in [0.4, 0.5) is 0 Å². The fourth-order valence-corrected chi connectivity index (χ4v) is 2.11. The van der Waals surface area contributed by atoms with Crippen LogP contribution in [0.15, 0.2) is 12.3 Å². The van der Waals surface area contributed by atoms with E-state index in [0.717, 1.165) is 38.2 Å². The molecule has 0 amide bonds. The summed E-state index contributed by atoms with van der Waals surface area (Å²) in [6, 6.07) is 1.95. The number of carbonyl (C=O) groups is 1. The van der Waals surface area contributed by atoms with E-state index in [0.29, 0.717) is 12.2 Å². The molecule has 3 heteroatoms. The lowest BCUT2D eigenvalue weighted by Crippen LogP contribution is -2.14. The first-order valence-corrected chi connectivity index (χ1v) is 5.62. The van der Waals surface area contributed by atoms with Gasteiger partial charge in [-0.3, -0.25) is 4.79 Å². The standard InChI is InChI=1S/C12H17NO2/c1-2-15-9-8-13-7-6-10-11(13)4-3-5-12(10)14/h6-7H,2-5,8-9H2,1H3. The normalized spacial score (nSPS) is 15.4. The predicted octanol–water partition coefficient (Wildman–Crippen LogP) is 2.04. The minimum absolute atomic E-state index is 0.298. The smallest absolute Gasteiger partial charge is 0.164 e. The molecular weight excluding hydrogens is 190 g/mol. The summed E-state index contributed by atoms with van der Waals surface area (Å²) in [6.45, 7) is 4.33. The number of hydrogen-bond acceptors (Lipinski definition) is 2. The molecule has 3 nitrogen and oxygen atoms in total. The van der Waals surface area contributed by atoms with Gasteiger partial charge >= 0.3 is 0 Å². The summed E-state index contributed by atoms with van der Waals surface area (Å²) < 4.78 is 7.47. The lowest BCUT2D eigenvalue weighted by Gasteiger charge is -2.14. The molecule has 0 aliphatic heterocycles. The SMILES string of the molecule is CCOCCn1ccc2c1CCCC2=O. The maximum absolute atomic E-state index is 11.6. The van der Waals surface area contributed by atoms with E-state index in [1.165, 1.54) is 5.69 Å². The predicted molar refractivity (Wildman–Crippen MR) is 58.2 cm³/mol. The largest absolute Gasteiger partial charge is 0.380 e. The lowest BCUT2D eigenvalue weighted by molar-refractivity contribution is 0.0970. The van der Waals surface area contributed by atoms with Gasteiger partial charge in [0.05, 0.1) is 6.61 Å². The number of hydrogen-bond donors (Lipinski definition) is 0. The molecule has 82 valence electrons. The van der Waals surface area contributed by atoms with E-state index in [-0.39, 0.29) is 0 Å². The van der Waals surface area contributed by atoms with Crippen molar-refractivity contribution in [1.82, 2.24) is 4.57 Å². The van der Waals surface area contributed by atoms with Gasteiger partial charge in [0.25, 0.3) is 0 Å². The Morgan fingerprint density at radius 3 is 3.13 bits per heavy atom. The van der Waals surface area contributed by atoms with Crippen molar-refractivity contribution in [2.45, 2.75) is 32.7 Å². The monoisotopic (exact) mass is 207 g/mol. The Labute approximate surface area is 90.0 Å². The van der Waals surface area contributed by atoms with Crippen molar-refractivity contribution >= 4 is 5.78 Å². The van der Waals surface area contributed by atoms with Crippen LogP contribution in [0.25, 0.3) is 0 Å². The van der Waals surface area contributed by atoms with Crippen LogP contribution in [-0.4, -0.2) is 23.6 Å². The van der Waals surface area contributed by atoms with E-state index in [9.17, 15) is 4.79 Å². The van der Waals surface area contributed by atoms with Gasteiger partial charge in [0.15, 0.2) is 5.78 Å². The average molecular weight is 207 g/mol. The van der Waals surface area contributed by atoms with E-state index in [2.05, 4.69) is 4.57 Å². The molecule has 15 heavy (non-hydrogen) atoms. The van der Waals surface area contributed by atoms with Crippen molar-refractivity contribution in [2.75, 3.05) is 13.2 Å². The van der Waals surface area contributed by atoms with Crippen molar-refractivity contribution < 1.29 is 9.53 Å². The fraction of sp³-hybridized carbons (Fsp3) is 0.583. The quantitative estimate of drug-likeness (QED) is 0.707. The van der Waals surface area contributed by atoms with E-state index in [1.54, 1.807) is 0 Å². The van der Waals surface area contributed by atoms with Crippen LogP contribution in [0.2, 0.25) is 0 Å². The summed E-state index contributed by atoms with van der Waals surface area (Å²) in [7, 11) is 0. The van der Waals surface area contributed by atoms with E-state index < -0.39 is 0 Å². The van der Waals surface area contributed by atoms with Gasteiger partial charge in [-0.2, -0.15) is 0 Å². The highest BCUT2D eigenvalue weighted by atomic mass is 16.5. The fourth-order valence-electron chi connectivity index (χ4n) is 2.11. The van der Waals surface area contributed by atoms with Gasteiger partial charge in [-0.1, -0.05) is 0 Å². The van der Waals surface area contributed by atoms with Crippen LogP contribution in [0.3, 0.4) is 0 Å². The summed E-state index contributed by atoms with van der Waals surface area (Å²) >= 11 is 0. The molecule has 0 aromatic carbocycles. The number of rotatable bonds is 4. The van der Waals surface area contributed by atoms with Crippen LogP contribution < -0.4 is 0 Å². The van der Waals surface area contributed by atoms with E-state index >= 15 is 0 Å². The molecule has 0 saturated carbocycles. The van der Waals surface area contributed by atoms with Gasteiger partial charge < -0.3 is 9.30 Å². The third kappa shape index (κ3) is 2.12. The molecule has 0 spiro atoms. The number of fused-ring (bicyclic) bond motifs is 1. The third-order valence-corrected chi connectivity index (χ3v) is 2.88. The summed E-state index contributed by atoms with van der Waals surface area (Å²) in [6.07, 6.45) is 4.74. The number of carbonyl (C=O) groups excluding carboxylic acids is 1. The van der Waals surface area contributed by atoms with Crippen molar-refractivity contribution in [3.63, 3.8) is 0 Å². The van der Waals surface area contributed by atoms with Crippen molar-refractivity contribution in [3.05, 3.63) is 23.5 Å². The molecule has 1 aromatic heterocycles. The second kappa shape index (κ2) is 4.62. The lowest BCUT2D eigenvalue weighted by atomic mass is 9.97. The van der Waals surface area contributed by atoms with Crippen LogP contribution >= 0.6 is 0 Å². The maximum atomic E-state index is 11.6. The first kappa shape index (κ1) is 10.4. The average Bonchev–Trinajstić information content (AvgIpc) is 2.64. The number of ketones is 1. The second-order valence-electron chi connectivity index (χ2n) is 3.84. The number of aromatic nitrogens is 1. The highest BCUT2D eigenvalue weighted by molar-refractivity contribution is 5.98. The minimum Gasteiger partial charge on any atom is -0.380 e. The van der Waals surface area contributed by atoms with Gasteiger partial charge in [0, 0.05) is 37.0 Å². The van der Waals surface area contributed by atoms with Crippen molar-refractivity contribution in [1.29, 1.82) is 0 Å². The van der Waals surface area contributed by atoms with Gasteiger partial charge in [-0.05, 0) is 25.8 Å². The van der Waals surface area contributed by atoms with Gasteiger partial charge in [-0.15, -0.1) is 0 Å². The molecule has 1 aliphatic carbocycles. The Kier molecular flexibility index (Phi) is 3.21. The Morgan fingerprint density at radius 2 is 2.33 bits per heavy atom. The molecule has 0 bridgehead atoms. The number of Topliss-reactive ketones (excluding diaryl/α,β-unsaturated/α-hetero) is 1. The number of nitrogens with zero attached hydrogens (tertiary/aromatic N) is 1. The molecule has 0 saturated heterocycles. The molecule has 0 radical (unpaired) electrons. The van der Waals surface area contributed by atoms with Crippen LogP contribution in [0, 0.1) is 0 Å². The summed E-state index contributed by atoms with van der Waals surface area (Å²) in [4.78, 5) is 11.6. The summed E-state index contributed by atoms with van der Waals surface area (Å²) in [5.41, 5.74) is 2.13. The topological polar surface area (TPSA) is 31.2 Å². The first-order chi connectivity index (χ1) is 7.33. The van der Waals surface area contributed by atoms with E-state index in [4.69, 9.17) is 4.74 Å². The molecule has 1 heterocycles. The Hall–Kier alpha value is -1.09. The molecule has 0 atom stereocenters. The molecule has 0 unspecified atom stereocenters. The Morgan fingerprint density at radius 1 is 1.47 bits per heavy atom. The molecule has 1 aliphatic rings. The zero-order valence-corrected chi connectivity index (χ0v) is 9.16. The summed E-state index contributed by atoms with van der Waals surface area (Å²) in [5, 5.41) is 0. The van der Waals surface area contributed by atoms with Gasteiger partial charge in [0.2, 0.25) is 0 Å². The van der Waals surface area contributed by atoms with E-state index in [1.807, 2.05) is 19.2 Å². The van der Waals surface area contributed by atoms with Crippen molar-refractivity contribution in [3.8, 4) is 0 Å². The first-order valence-electron chi connectivity index (χ1n) is 5.62. The Bertz CT molecular complexity index is 355. The van der Waals surface area contributed by atoms with Gasteiger partial charge in [0.1, 0.15) is 0 Å². The molecule has 0 fully saturated rings. The van der Waals surface area contributed by atoms with Crippen molar-refractivity contribution in [2.24, 2.45) is 0 Å². The summed E-state index contributed by atoms with van der Waals surface area (Å²) in [5.74, 6) is 0.298. The highest BCUT2D eigenvalue weighted by Gasteiger charge is 2.19. The molecule has 2 rings (SSSR count). The van der Waals surface area contributed by atoms with Gasteiger partial charge in [-0.25, -0.2) is 0 Å². The van der Waals surface area contributed by atoms with Crippen LogP contribution in [-0.2, 0) is 17.7 Å². The molecule has 1 aromatic rings. The van der Waals surface area contributed by atoms with Crippen LogP contribution in [0.5, 0.6) is 0 Å². The minimum atomic E-state index is 0.298. The maximum Gasteiger partial charge on any atom is 0.164 e. The molecule has 0 N–H and O–H groups in total. The highest BCUT2D eigenvalue weighted by Crippen LogP contribution is 2.22. The molecular formula is C12H17NO2. The zero-order chi connectivity index (χ0) is 10.7. The zero-order valence-electron chi connectivity index (χ0n) is 9.16. The Balaban J connectivity index is 2.09. The number of ether oxygens (including phenoxy) is 1. The van der Waals surface area contributed by atoms with Crippen LogP contribution in [0.1, 0.15) is 35.8 Å².